The molecule has 96 heavy (non-hydrogen) atoms. The summed E-state index contributed by atoms with van der Waals surface area (Å²) in [6.07, 6.45) is 10.5. The molecule has 0 aliphatic carbocycles. The first-order chi connectivity index (χ1) is 46.5. The van der Waals surface area contributed by atoms with Crippen molar-refractivity contribution in [1.82, 2.24) is 41.2 Å². The van der Waals surface area contributed by atoms with Crippen molar-refractivity contribution in [2.24, 2.45) is 22.9 Å². The maximum absolute atomic E-state index is 13.8. The summed E-state index contributed by atoms with van der Waals surface area (Å²) in [5.74, 6) is -4.39. The number of hydrogen-bond acceptors (Lipinski definition) is 18. The second-order valence-electron chi connectivity index (χ2n) is 22.7. The molecule has 498 valence electrons. The van der Waals surface area contributed by atoms with Crippen LogP contribution in [0.3, 0.4) is 0 Å². The second kappa shape index (κ2) is 32.8. The molecule has 7 aromatic rings. The minimum atomic E-state index is -0.924. The molecule has 14 N–H and O–H groups in total. The van der Waals surface area contributed by atoms with Gasteiger partial charge in [0.15, 0.2) is 0 Å². The molecule has 3 aromatic heterocycles. The fourth-order valence-electron chi connectivity index (χ4n) is 11.4. The molecule has 9 rings (SSSR count). The fraction of sp³-hybridized carbons (Fsp3) is 0.278. The lowest BCUT2D eigenvalue weighted by atomic mass is 10.0. The average Bonchev–Trinajstić information content (AvgIpc) is 1.61. The van der Waals surface area contributed by atoms with Crippen molar-refractivity contribution < 1.29 is 57.3 Å². The van der Waals surface area contributed by atoms with Crippen LogP contribution in [-0.2, 0) is 38.1 Å². The number of esters is 4. The number of amides is 4. The predicted molar refractivity (Wildman–Crippen MR) is 367 cm³/mol. The van der Waals surface area contributed by atoms with Crippen LogP contribution in [-0.4, -0.2) is 146 Å². The standard InChI is InChI=1S/C72H78N12O12/c1-93-69(89)57(9-5-37-73)81-65(85)45-21-13-41(14-22-45)61-49-29-31-51(77-49)62(42-15-23-46(24-16-42)66(86)82-58(10-6-38-74)70(90)94-2)53-33-35-55(79-53)64(44-19-27-48(28-20-44)68(88)84-60(12-8-40-76)72(92)96-4)56-36-34-54(80-56)63(52-32-30-50(61)78-52)43-17-25-47(26-18-43)67(87)83-59(11-7-39-75)71(91)95-3/h13-36,57-60,77,80H,5-12,37-40,73-76H2,1-4H3,(H,81,85)(H,82,86)(H,83,87)(H,84,88)/t57-,58-,59-,60-/m0/s1. The van der Waals surface area contributed by atoms with Gasteiger partial charge in [0, 0.05) is 66.6 Å². The van der Waals surface area contributed by atoms with E-state index in [-0.39, 0.29) is 47.9 Å². The van der Waals surface area contributed by atoms with Gasteiger partial charge in [-0.1, -0.05) is 48.5 Å². The number of carbonyl (C=O) groups excluding carboxylic acids is 8. The van der Waals surface area contributed by atoms with Gasteiger partial charge in [-0.2, -0.15) is 0 Å². The molecule has 0 saturated heterocycles. The van der Waals surface area contributed by atoms with Crippen LogP contribution in [0.4, 0.5) is 0 Å². The van der Waals surface area contributed by atoms with Gasteiger partial charge in [-0.25, -0.2) is 29.1 Å². The van der Waals surface area contributed by atoms with Gasteiger partial charge in [0.05, 0.1) is 51.2 Å². The van der Waals surface area contributed by atoms with Crippen molar-refractivity contribution in [3.05, 3.63) is 166 Å². The molecular weight excluding hydrogens is 1220 g/mol. The van der Waals surface area contributed by atoms with Crippen molar-refractivity contribution in [2.45, 2.75) is 75.5 Å². The number of carbonyl (C=O) groups is 8. The van der Waals surface area contributed by atoms with Gasteiger partial charge in [-0.3, -0.25) is 19.2 Å². The van der Waals surface area contributed by atoms with Crippen LogP contribution < -0.4 is 44.2 Å². The van der Waals surface area contributed by atoms with Gasteiger partial charge < -0.3 is 73.1 Å². The number of fused-ring (bicyclic) bond motifs is 8. The van der Waals surface area contributed by atoms with E-state index < -0.39 is 71.7 Å². The Bertz CT molecular complexity index is 3720. The number of methoxy groups -OCH3 is 4. The quantitative estimate of drug-likeness (QED) is 0.0169. The number of benzene rings is 4. The lowest BCUT2D eigenvalue weighted by molar-refractivity contribution is -0.143. The Balaban J connectivity index is 1.28. The number of nitrogens with two attached hydrogens (primary N) is 4. The van der Waals surface area contributed by atoms with E-state index >= 15 is 0 Å². The Labute approximate surface area is 554 Å². The average molecular weight is 1300 g/mol. The van der Waals surface area contributed by atoms with Crippen LogP contribution in [0.1, 0.15) is 116 Å². The van der Waals surface area contributed by atoms with Gasteiger partial charge in [-0.15, -0.1) is 0 Å². The van der Waals surface area contributed by atoms with Crippen molar-refractivity contribution in [2.75, 3.05) is 54.6 Å². The number of aromatic amines is 2. The molecule has 24 heteroatoms. The van der Waals surface area contributed by atoms with Crippen LogP contribution >= 0.6 is 0 Å². The number of rotatable bonds is 28. The molecule has 5 heterocycles. The van der Waals surface area contributed by atoms with Gasteiger partial charge in [0.1, 0.15) is 24.2 Å². The largest absolute Gasteiger partial charge is 0.467 e. The first-order valence-electron chi connectivity index (χ1n) is 31.5. The van der Waals surface area contributed by atoms with Crippen LogP contribution in [0, 0.1) is 0 Å². The number of nitrogens with one attached hydrogen (secondary N) is 6. The Kier molecular flexibility index (Phi) is 23.7. The van der Waals surface area contributed by atoms with Crippen LogP contribution in [0.2, 0.25) is 0 Å². The normalized spacial score (nSPS) is 12.8. The van der Waals surface area contributed by atoms with E-state index in [1.165, 1.54) is 28.4 Å². The number of hydrogen-bond donors (Lipinski definition) is 10. The summed E-state index contributed by atoms with van der Waals surface area (Å²) in [5.41, 5.74) is 33.6. The summed E-state index contributed by atoms with van der Waals surface area (Å²) < 4.78 is 20.0. The number of H-pyrrole nitrogens is 2. The van der Waals surface area contributed by atoms with Gasteiger partial charge in [-0.05, 0) is 197 Å². The van der Waals surface area contributed by atoms with Crippen LogP contribution in [0.5, 0.6) is 0 Å². The van der Waals surface area contributed by atoms with Crippen molar-refractivity contribution in [3.63, 3.8) is 0 Å². The molecule has 0 saturated carbocycles. The molecule has 24 nitrogen and oxygen atoms in total. The highest BCUT2D eigenvalue weighted by Crippen LogP contribution is 2.39. The molecule has 0 radical (unpaired) electrons. The summed E-state index contributed by atoms with van der Waals surface area (Å²) in [5, 5.41) is 11.2. The minimum absolute atomic E-state index is 0.270. The Morgan fingerprint density at radius 2 is 0.531 bits per heavy atom. The molecule has 0 unspecified atom stereocenters. The highest BCUT2D eigenvalue weighted by Gasteiger charge is 2.28. The fourth-order valence-corrected chi connectivity index (χ4v) is 11.4. The summed E-state index contributed by atoms with van der Waals surface area (Å²) in [6, 6.07) is 31.5. The van der Waals surface area contributed by atoms with Crippen LogP contribution in [0.15, 0.2) is 121 Å². The lowest BCUT2D eigenvalue weighted by Crippen LogP contribution is -2.41. The first-order valence-corrected chi connectivity index (χ1v) is 31.5. The zero-order valence-corrected chi connectivity index (χ0v) is 53.8. The van der Waals surface area contributed by atoms with E-state index in [9.17, 15) is 38.4 Å². The molecule has 4 atom stereocenters. The van der Waals surface area contributed by atoms with Crippen LogP contribution in [0.25, 0.3) is 90.9 Å². The third-order valence-corrected chi connectivity index (χ3v) is 16.4. The molecule has 0 fully saturated rings. The number of nitrogens with zero attached hydrogens (tertiary/aromatic N) is 2. The van der Waals surface area contributed by atoms with E-state index in [1.54, 1.807) is 97.1 Å². The first kappa shape index (κ1) is 69.4. The summed E-state index contributed by atoms with van der Waals surface area (Å²) in [7, 11) is 5.02. The maximum atomic E-state index is 13.8. The highest BCUT2D eigenvalue weighted by molar-refractivity contribution is 6.04. The van der Waals surface area contributed by atoms with Crippen molar-refractivity contribution in [3.8, 4) is 44.5 Å². The molecule has 8 bridgehead atoms. The number of aromatic nitrogens is 4. The van der Waals surface area contributed by atoms with E-state index in [4.69, 9.17) is 51.9 Å². The van der Waals surface area contributed by atoms with Gasteiger partial charge >= 0.3 is 23.9 Å². The molecule has 0 spiro atoms. The van der Waals surface area contributed by atoms with Crippen molar-refractivity contribution >= 4 is 93.9 Å². The summed E-state index contributed by atoms with van der Waals surface area (Å²) in [6.45, 7) is 1.24. The molecule has 2 aliphatic heterocycles. The molecule has 4 aromatic carbocycles. The monoisotopic (exact) mass is 1300 g/mol. The predicted octanol–water partition coefficient (Wildman–Crippen LogP) is 7.36. The van der Waals surface area contributed by atoms with E-state index in [0.29, 0.717) is 141 Å². The van der Waals surface area contributed by atoms with Gasteiger partial charge in [0.2, 0.25) is 0 Å². The van der Waals surface area contributed by atoms with Gasteiger partial charge in [0.25, 0.3) is 23.6 Å². The Hall–Kier alpha value is -10.9. The highest BCUT2D eigenvalue weighted by atomic mass is 16.5. The Morgan fingerprint density at radius 3 is 0.708 bits per heavy atom. The van der Waals surface area contributed by atoms with Crippen molar-refractivity contribution in [1.29, 1.82) is 0 Å². The lowest BCUT2D eigenvalue weighted by Gasteiger charge is -2.16. The number of ether oxygens (including phenoxy) is 4. The maximum Gasteiger partial charge on any atom is 0.328 e. The molecule has 2 aliphatic rings. The summed E-state index contributed by atoms with van der Waals surface area (Å²) in [4.78, 5) is 124. The topological polar surface area (TPSA) is 383 Å². The third-order valence-electron chi connectivity index (χ3n) is 16.4. The SMILES string of the molecule is COC(=O)[C@H](CCCN)NC(=O)c1ccc(-c2c3nc(c(-c4ccc(C(=O)N[C@@H](CCCN)C(=O)OC)cc4)c4ccc([nH]4)c(-c4ccc(C(=O)N[C@@H](CCCN)C(=O)OC)cc4)c4nc(c(-c5ccc(C(=O)N[C@@H](CCCN)C(=O)OC)cc5)c5ccc2[nH]5)C=C4)C=C3)cc1. The zero-order chi connectivity index (χ0) is 68.4. The molecular formula is C72H78N12O12. The Morgan fingerprint density at radius 1 is 0.333 bits per heavy atom. The van der Waals surface area contributed by atoms with E-state index in [2.05, 4.69) is 31.2 Å². The second-order valence-corrected chi connectivity index (χ2v) is 22.7. The minimum Gasteiger partial charge on any atom is -0.467 e. The third kappa shape index (κ3) is 16.3. The van der Waals surface area contributed by atoms with E-state index in [1.807, 2.05) is 48.6 Å². The smallest absolute Gasteiger partial charge is 0.328 e. The summed E-state index contributed by atoms with van der Waals surface area (Å²) >= 11 is 0. The zero-order valence-electron chi connectivity index (χ0n) is 53.8. The molecule has 4 amide bonds. The van der Waals surface area contributed by atoms with E-state index in [0.717, 1.165) is 0 Å².